The van der Waals surface area contributed by atoms with Crippen LogP contribution in [0.3, 0.4) is 0 Å². The topological polar surface area (TPSA) is 97.7 Å². The molecule has 146 valence electrons. The second-order valence-corrected chi connectivity index (χ2v) is 6.95. The van der Waals surface area contributed by atoms with Crippen LogP contribution >= 0.6 is 0 Å². The number of Topliss-reactive ketones (excluding diaryl/α,β-unsaturated/α-hetero) is 1. The molecule has 0 aliphatic rings. The smallest absolute Gasteiger partial charge is 0.475 e. The van der Waals surface area contributed by atoms with Crippen LogP contribution in [0.25, 0.3) is 10.8 Å². The van der Waals surface area contributed by atoms with Gasteiger partial charge in [-0.05, 0) is 23.4 Å². The summed E-state index contributed by atoms with van der Waals surface area (Å²) in [5, 5.41) is 8.87. The molecule has 0 spiro atoms. The van der Waals surface area contributed by atoms with E-state index in [1.807, 2.05) is 0 Å². The van der Waals surface area contributed by atoms with Crippen LogP contribution < -0.4 is 4.18 Å². The number of carbonyl (C=O) groups is 2. The van der Waals surface area contributed by atoms with Crippen LogP contribution in [0.4, 0.5) is 17.6 Å². The maximum absolute atomic E-state index is 12.9. The molecule has 2 aromatic rings. The maximum Gasteiger partial charge on any atom is 0.534 e. The van der Waals surface area contributed by atoms with Crippen molar-refractivity contribution in [1.29, 1.82) is 0 Å². The molecule has 0 fully saturated rings. The molecule has 11 heteroatoms. The number of hydrogen-bond donors (Lipinski definition) is 1. The van der Waals surface area contributed by atoms with E-state index >= 15 is 0 Å². The first-order valence-electron chi connectivity index (χ1n) is 7.31. The summed E-state index contributed by atoms with van der Waals surface area (Å²) in [7, 11) is -6.19. The van der Waals surface area contributed by atoms with Crippen LogP contribution in [0.15, 0.2) is 24.3 Å². The van der Waals surface area contributed by atoms with E-state index in [0.717, 1.165) is 6.07 Å². The van der Waals surface area contributed by atoms with Crippen LogP contribution in [-0.2, 0) is 21.3 Å². The molecule has 0 bridgehead atoms. The van der Waals surface area contributed by atoms with Gasteiger partial charge in [-0.1, -0.05) is 24.3 Å². The Balaban J connectivity index is 2.96. The number of alkyl halides is 4. The summed E-state index contributed by atoms with van der Waals surface area (Å²) in [5.41, 5.74) is -6.69. The van der Waals surface area contributed by atoms with Gasteiger partial charge in [-0.3, -0.25) is 9.18 Å². The number of benzene rings is 2. The van der Waals surface area contributed by atoms with Gasteiger partial charge in [-0.15, -0.1) is 0 Å². The number of carbonyl (C=O) groups excluding carboxylic acids is 1. The first-order chi connectivity index (χ1) is 12.4. The zero-order chi connectivity index (χ0) is 20.6. The van der Waals surface area contributed by atoms with Gasteiger partial charge >= 0.3 is 21.6 Å². The highest BCUT2D eigenvalue weighted by atomic mass is 32.2. The predicted molar refractivity (Wildman–Crippen MR) is 85.9 cm³/mol. The minimum Gasteiger partial charge on any atom is -0.475 e. The molecular formula is C16H12F4O6S. The van der Waals surface area contributed by atoms with Gasteiger partial charge in [0.2, 0.25) is 0 Å². The van der Waals surface area contributed by atoms with Crippen LogP contribution in [-0.4, -0.2) is 37.5 Å². The zero-order valence-corrected chi connectivity index (χ0v) is 14.4. The Morgan fingerprint density at radius 1 is 1.15 bits per heavy atom. The molecule has 0 radical (unpaired) electrons. The SMILES string of the molecule is Cc1c(C(=O)C(=O)O)c(OS(=O)(=O)C(F)(F)F)c2ccccc2c1CCF. The van der Waals surface area contributed by atoms with E-state index in [4.69, 9.17) is 5.11 Å². The molecule has 0 saturated carbocycles. The van der Waals surface area contributed by atoms with Crippen molar-refractivity contribution in [1.82, 2.24) is 0 Å². The highest BCUT2D eigenvalue weighted by Gasteiger charge is 2.49. The van der Waals surface area contributed by atoms with Crippen molar-refractivity contribution in [3.8, 4) is 5.75 Å². The Morgan fingerprint density at radius 2 is 1.70 bits per heavy atom. The number of ketones is 1. The fourth-order valence-corrected chi connectivity index (χ4v) is 3.13. The number of carboxylic acids is 1. The molecule has 0 saturated heterocycles. The van der Waals surface area contributed by atoms with Crippen molar-refractivity contribution in [3.63, 3.8) is 0 Å². The quantitative estimate of drug-likeness (QED) is 0.259. The van der Waals surface area contributed by atoms with E-state index in [1.54, 1.807) is 0 Å². The van der Waals surface area contributed by atoms with E-state index in [9.17, 15) is 35.6 Å². The van der Waals surface area contributed by atoms with Gasteiger partial charge in [0.15, 0.2) is 5.75 Å². The summed E-state index contributed by atoms with van der Waals surface area (Å²) < 4.78 is 78.3. The lowest BCUT2D eigenvalue weighted by Gasteiger charge is -2.19. The highest BCUT2D eigenvalue weighted by Crippen LogP contribution is 2.39. The number of rotatable bonds is 6. The molecule has 0 aliphatic heterocycles. The van der Waals surface area contributed by atoms with Gasteiger partial charge in [-0.2, -0.15) is 21.6 Å². The van der Waals surface area contributed by atoms with Gasteiger partial charge in [0.05, 0.1) is 12.2 Å². The van der Waals surface area contributed by atoms with Gasteiger partial charge in [0.25, 0.3) is 5.78 Å². The van der Waals surface area contributed by atoms with Crippen molar-refractivity contribution in [3.05, 3.63) is 41.0 Å². The minimum atomic E-state index is -6.19. The molecule has 27 heavy (non-hydrogen) atoms. The molecule has 0 amide bonds. The lowest BCUT2D eigenvalue weighted by molar-refractivity contribution is -0.131. The number of carboxylic acid groups (broad SMARTS) is 1. The Labute approximate surface area is 150 Å². The predicted octanol–water partition coefficient (Wildman–Crippen LogP) is 3.16. The zero-order valence-electron chi connectivity index (χ0n) is 13.6. The number of aliphatic carboxylic acids is 1. The van der Waals surface area contributed by atoms with Crippen molar-refractivity contribution in [2.75, 3.05) is 6.67 Å². The van der Waals surface area contributed by atoms with Crippen LogP contribution in [0.2, 0.25) is 0 Å². The van der Waals surface area contributed by atoms with Crippen LogP contribution in [0.5, 0.6) is 5.75 Å². The average molecular weight is 408 g/mol. The van der Waals surface area contributed by atoms with E-state index in [0.29, 0.717) is 0 Å². The fraction of sp³-hybridized carbons (Fsp3) is 0.250. The van der Waals surface area contributed by atoms with Crippen molar-refractivity contribution in [2.45, 2.75) is 18.9 Å². The summed E-state index contributed by atoms with van der Waals surface area (Å²) in [6, 6.07) is 5.30. The highest BCUT2D eigenvalue weighted by molar-refractivity contribution is 7.88. The third kappa shape index (κ3) is 3.72. The van der Waals surface area contributed by atoms with Gasteiger partial charge in [-0.25, -0.2) is 4.79 Å². The Bertz CT molecular complexity index is 1030. The average Bonchev–Trinajstić information content (AvgIpc) is 2.56. The van der Waals surface area contributed by atoms with Crippen LogP contribution in [0.1, 0.15) is 21.5 Å². The number of aryl methyl sites for hydroxylation is 1. The van der Waals surface area contributed by atoms with E-state index < -0.39 is 45.4 Å². The summed E-state index contributed by atoms with van der Waals surface area (Å²) in [4.78, 5) is 23.2. The van der Waals surface area contributed by atoms with E-state index in [2.05, 4.69) is 4.18 Å². The molecule has 0 aromatic heterocycles. The van der Waals surface area contributed by atoms with Crippen molar-refractivity contribution < 1.29 is 44.9 Å². The molecule has 1 N–H and O–H groups in total. The fourth-order valence-electron chi connectivity index (χ4n) is 2.64. The molecule has 2 rings (SSSR count). The molecular weight excluding hydrogens is 396 g/mol. The summed E-state index contributed by atoms with van der Waals surface area (Å²) in [5.74, 6) is -4.77. The monoisotopic (exact) mass is 408 g/mol. The molecule has 0 aliphatic carbocycles. The summed E-state index contributed by atoms with van der Waals surface area (Å²) in [6.07, 6.45) is -0.265. The normalized spacial score (nSPS) is 12.2. The third-order valence-corrected chi connectivity index (χ3v) is 4.75. The molecule has 0 unspecified atom stereocenters. The Hall–Kier alpha value is -2.69. The number of fused-ring (bicyclic) bond motifs is 1. The Kier molecular flexibility index (Phi) is 5.45. The van der Waals surface area contributed by atoms with Gasteiger partial charge in [0, 0.05) is 11.8 Å². The number of hydrogen-bond acceptors (Lipinski definition) is 5. The van der Waals surface area contributed by atoms with Crippen molar-refractivity contribution >= 4 is 32.6 Å². The van der Waals surface area contributed by atoms with Crippen LogP contribution in [0, 0.1) is 6.92 Å². The largest absolute Gasteiger partial charge is 0.534 e. The van der Waals surface area contributed by atoms with E-state index in [-0.39, 0.29) is 28.3 Å². The first kappa shape index (κ1) is 20.6. The lowest BCUT2D eigenvalue weighted by atomic mass is 9.90. The Morgan fingerprint density at radius 3 is 2.19 bits per heavy atom. The molecule has 6 nitrogen and oxygen atoms in total. The molecule has 0 heterocycles. The van der Waals surface area contributed by atoms with Crippen molar-refractivity contribution in [2.24, 2.45) is 0 Å². The first-order valence-corrected chi connectivity index (χ1v) is 8.71. The molecule has 0 atom stereocenters. The summed E-state index contributed by atoms with van der Waals surface area (Å²) in [6.45, 7) is 0.285. The second-order valence-electron chi connectivity index (χ2n) is 5.41. The number of halogens is 4. The second kappa shape index (κ2) is 7.14. The minimum absolute atomic E-state index is 0.141. The molecule has 2 aromatic carbocycles. The third-order valence-electron chi connectivity index (χ3n) is 3.79. The van der Waals surface area contributed by atoms with Gasteiger partial charge in [0.1, 0.15) is 0 Å². The lowest BCUT2D eigenvalue weighted by Crippen LogP contribution is -2.29. The standard InChI is InChI=1S/C16H12F4O6S/c1-8-9(6-7-17)10-4-2-3-5-11(10)14(12(8)13(21)15(22)23)26-27(24,25)16(18,19)20/h2-5H,6-7H2,1H3,(H,22,23). The summed E-state index contributed by atoms with van der Waals surface area (Å²) >= 11 is 0. The van der Waals surface area contributed by atoms with E-state index in [1.165, 1.54) is 25.1 Å². The maximum atomic E-state index is 12.9. The van der Waals surface area contributed by atoms with Gasteiger partial charge < -0.3 is 9.29 Å².